The first-order chi connectivity index (χ1) is 15.2. The van der Waals surface area contributed by atoms with Crippen LogP contribution in [0.1, 0.15) is 34.1 Å². The quantitative estimate of drug-likeness (QED) is 0.382. The standard InChI is InChI=1S/C21H22N2O7S2/c1-2-30-21(27)17-12-5-6-32(28,29)9-13(12)31-18(17)22-14(24)8-23-19(25)15-10-3-4-11(7-10)16(15)20(23)26/h3-4,10-11,15-16H,2,5-9H2,1H3,(H,22,24). The molecule has 1 N–H and O–H groups in total. The molecule has 0 spiro atoms. The van der Waals surface area contributed by atoms with Gasteiger partial charge in [0, 0.05) is 4.88 Å². The molecule has 1 aromatic heterocycles. The van der Waals surface area contributed by atoms with Gasteiger partial charge in [-0.2, -0.15) is 0 Å². The molecule has 5 rings (SSSR count). The fourth-order valence-corrected chi connectivity index (χ4v) is 8.41. The Morgan fingerprint density at radius 3 is 2.47 bits per heavy atom. The minimum absolute atomic E-state index is 0.0518. The van der Waals surface area contributed by atoms with Crippen LogP contribution < -0.4 is 5.32 Å². The number of imide groups is 1. The van der Waals surface area contributed by atoms with Gasteiger partial charge in [-0.05, 0) is 37.2 Å². The van der Waals surface area contributed by atoms with Crippen molar-refractivity contribution in [1.82, 2.24) is 4.90 Å². The highest BCUT2D eigenvalue weighted by Gasteiger charge is 2.59. The number of nitrogens with one attached hydrogen (secondary N) is 1. The van der Waals surface area contributed by atoms with Crippen molar-refractivity contribution in [3.63, 3.8) is 0 Å². The van der Waals surface area contributed by atoms with E-state index in [2.05, 4.69) is 5.32 Å². The molecule has 2 aliphatic heterocycles. The average Bonchev–Trinajstić information content (AvgIpc) is 3.46. The van der Waals surface area contributed by atoms with E-state index in [1.165, 1.54) is 0 Å². The van der Waals surface area contributed by atoms with Crippen molar-refractivity contribution in [2.24, 2.45) is 23.7 Å². The zero-order valence-corrected chi connectivity index (χ0v) is 19.0. The van der Waals surface area contributed by atoms with Crippen LogP contribution in [0.4, 0.5) is 5.00 Å². The van der Waals surface area contributed by atoms with E-state index in [0.29, 0.717) is 10.4 Å². The summed E-state index contributed by atoms with van der Waals surface area (Å²) in [4.78, 5) is 52.5. The highest BCUT2D eigenvalue weighted by molar-refractivity contribution is 7.90. The molecule has 4 atom stereocenters. The topological polar surface area (TPSA) is 127 Å². The normalized spacial score (nSPS) is 29.2. The average molecular weight is 479 g/mol. The number of amides is 3. The Balaban J connectivity index is 1.37. The summed E-state index contributed by atoms with van der Waals surface area (Å²) in [6, 6.07) is 0. The maximum atomic E-state index is 12.8. The lowest BCUT2D eigenvalue weighted by molar-refractivity contribution is -0.143. The van der Waals surface area contributed by atoms with Gasteiger partial charge in [0.2, 0.25) is 17.7 Å². The molecule has 1 aromatic rings. The van der Waals surface area contributed by atoms with E-state index in [9.17, 15) is 27.6 Å². The van der Waals surface area contributed by atoms with Gasteiger partial charge in [-0.15, -0.1) is 11.3 Å². The molecule has 1 saturated heterocycles. The van der Waals surface area contributed by atoms with Gasteiger partial charge in [-0.25, -0.2) is 13.2 Å². The monoisotopic (exact) mass is 478 g/mol. The Bertz CT molecular complexity index is 1150. The second-order valence-corrected chi connectivity index (χ2v) is 11.9. The SMILES string of the molecule is CCOC(=O)c1c(NC(=O)CN2C(=O)C3C4C=CC(C4)C3C2=O)sc2c1CCS(=O)(=O)C2. The Labute approximate surface area is 188 Å². The van der Waals surface area contributed by atoms with E-state index in [1.54, 1.807) is 6.92 Å². The minimum atomic E-state index is -3.27. The molecule has 3 heterocycles. The number of rotatable bonds is 5. The largest absolute Gasteiger partial charge is 0.462 e. The molecule has 0 radical (unpaired) electrons. The van der Waals surface area contributed by atoms with Crippen molar-refractivity contribution in [2.75, 3.05) is 24.2 Å². The van der Waals surface area contributed by atoms with E-state index in [0.717, 1.165) is 22.7 Å². The molecular formula is C21H22N2O7S2. The van der Waals surface area contributed by atoms with E-state index in [-0.39, 0.29) is 70.6 Å². The number of likely N-dealkylation sites (tertiary alicyclic amines) is 1. The summed E-state index contributed by atoms with van der Waals surface area (Å²) in [7, 11) is -3.27. The van der Waals surface area contributed by atoms with Crippen LogP contribution in [-0.4, -0.2) is 55.9 Å². The molecule has 32 heavy (non-hydrogen) atoms. The van der Waals surface area contributed by atoms with Crippen molar-refractivity contribution >= 4 is 49.9 Å². The number of esters is 1. The Hall–Kier alpha value is -2.53. The van der Waals surface area contributed by atoms with Crippen molar-refractivity contribution in [3.05, 3.63) is 28.2 Å². The summed E-state index contributed by atoms with van der Waals surface area (Å²) in [6.45, 7) is 1.35. The molecule has 1 saturated carbocycles. The van der Waals surface area contributed by atoms with E-state index in [1.807, 2.05) is 12.2 Å². The van der Waals surface area contributed by atoms with Gasteiger partial charge in [0.15, 0.2) is 9.84 Å². The molecule has 170 valence electrons. The third kappa shape index (κ3) is 3.29. The van der Waals surface area contributed by atoms with Crippen LogP contribution in [0.25, 0.3) is 0 Å². The number of carbonyl (C=O) groups is 4. The van der Waals surface area contributed by atoms with Crippen molar-refractivity contribution < 1.29 is 32.3 Å². The van der Waals surface area contributed by atoms with E-state index >= 15 is 0 Å². The van der Waals surface area contributed by atoms with Crippen molar-refractivity contribution in [3.8, 4) is 0 Å². The number of hydrogen-bond donors (Lipinski definition) is 1. The fourth-order valence-electron chi connectivity index (χ4n) is 5.36. The maximum Gasteiger partial charge on any atom is 0.341 e. The smallest absolute Gasteiger partial charge is 0.341 e. The van der Waals surface area contributed by atoms with Crippen LogP contribution in [0.2, 0.25) is 0 Å². The minimum Gasteiger partial charge on any atom is -0.462 e. The van der Waals surface area contributed by atoms with Gasteiger partial charge in [-0.1, -0.05) is 12.2 Å². The van der Waals surface area contributed by atoms with Crippen LogP contribution in [0, 0.1) is 23.7 Å². The predicted molar refractivity (Wildman–Crippen MR) is 115 cm³/mol. The molecule has 0 aromatic carbocycles. The summed E-state index contributed by atoms with van der Waals surface area (Å²) >= 11 is 1.02. The second-order valence-electron chi connectivity index (χ2n) is 8.58. The first-order valence-corrected chi connectivity index (χ1v) is 13.2. The fraction of sp³-hybridized carbons (Fsp3) is 0.524. The summed E-state index contributed by atoms with van der Waals surface area (Å²) in [5.74, 6) is -2.84. The number of sulfone groups is 1. The highest BCUT2D eigenvalue weighted by atomic mass is 32.2. The van der Waals surface area contributed by atoms with Crippen molar-refractivity contribution in [2.45, 2.75) is 25.5 Å². The van der Waals surface area contributed by atoms with Crippen LogP contribution >= 0.6 is 11.3 Å². The van der Waals surface area contributed by atoms with E-state index < -0.39 is 28.3 Å². The number of thiophene rings is 1. The molecule has 4 unspecified atom stereocenters. The third-order valence-corrected chi connectivity index (χ3v) is 9.59. The Morgan fingerprint density at radius 1 is 1.19 bits per heavy atom. The summed E-state index contributed by atoms with van der Waals surface area (Å²) in [5.41, 5.74) is 0.734. The van der Waals surface area contributed by atoms with Gasteiger partial charge in [0.25, 0.3) is 0 Å². The van der Waals surface area contributed by atoms with Crippen LogP contribution in [0.15, 0.2) is 12.2 Å². The lowest BCUT2D eigenvalue weighted by atomic mass is 9.85. The summed E-state index contributed by atoms with van der Waals surface area (Å²) in [6.07, 6.45) is 4.94. The molecule has 2 bridgehead atoms. The van der Waals surface area contributed by atoms with Crippen LogP contribution in [-0.2, 0) is 41.1 Å². The van der Waals surface area contributed by atoms with Crippen LogP contribution in [0.5, 0.6) is 0 Å². The van der Waals surface area contributed by atoms with Gasteiger partial charge in [0.05, 0.1) is 35.5 Å². The summed E-state index contributed by atoms with van der Waals surface area (Å²) < 4.78 is 29.2. The molecule has 3 amide bonds. The number of allylic oxidation sites excluding steroid dienone is 2. The number of fused-ring (bicyclic) bond motifs is 6. The summed E-state index contributed by atoms with van der Waals surface area (Å²) in [5, 5.41) is 2.82. The van der Waals surface area contributed by atoms with Gasteiger partial charge < -0.3 is 10.1 Å². The Kier molecular flexibility index (Phi) is 5.01. The molecule has 9 nitrogen and oxygen atoms in total. The molecule has 2 aliphatic carbocycles. The zero-order valence-electron chi connectivity index (χ0n) is 17.3. The van der Waals surface area contributed by atoms with Crippen LogP contribution in [0.3, 0.4) is 0 Å². The predicted octanol–water partition coefficient (Wildman–Crippen LogP) is 1.14. The Morgan fingerprint density at radius 2 is 1.84 bits per heavy atom. The first-order valence-electron chi connectivity index (χ1n) is 10.6. The van der Waals surface area contributed by atoms with Gasteiger partial charge in [-0.3, -0.25) is 19.3 Å². The number of anilines is 1. The molecule has 4 aliphatic rings. The van der Waals surface area contributed by atoms with Crippen molar-refractivity contribution in [1.29, 1.82) is 0 Å². The number of hydrogen-bond acceptors (Lipinski definition) is 8. The lowest BCUT2D eigenvalue weighted by Gasteiger charge is -2.17. The lowest BCUT2D eigenvalue weighted by Crippen LogP contribution is -2.39. The highest BCUT2D eigenvalue weighted by Crippen LogP contribution is 2.52. The molecule has 2 fully saturated rings. The van der Waals surface area contributed by atoms with Gasteiger partial charge >= 0.3 is 5.97 Å². The molecular weight excluding hydrogens is 456 g/mol. The number of nitrogens with zero attached hydrogens (tertiary/aromatic N) is 1. The second kappa shape index (κ2) is 7.51. The first kappa shape index (κ1) is 21.3. The number of ether oxygens (including phenoxy) is 1. The number of carbonyl (C=O) groups excluding carboxylic acids is 4. The molecule has 11 heteroatoms. The van der Waals surface area contributed by atoms with E-state index in [4.69, 9.17) is 4.74 Å². The van der Waals surface area contributed by atoms with Gasteiger partial charge in [0.1, 0.15) is 11.5 Å². The maximum absolute atomic E-state index is 12.8. The zero-order chi connectivity index (χ0) is 22.8. The third-order valence-electron chi connectivity index (χ3n) is 6.70.